The molecule has 15 heteroatoms. The van der Waals surface area contributed by atoms with Crippen LogP contribution in [-0.4, -0.2) is 45.8 Å². The van der Waals surface area contributed by atoms with Crippen LogP contribution in [0.4, 0.5) is 24.8 Å². The Morgan fingerprint density at radius 3 is 2.49 bits per heavy atom. The number of rotatable bonds is 8. The van der Waals surface area contributed by atoms with Crippen LogP contribution in [0.25, 0.3) is 10.4 Å². The van der Waals surface area contributed by atoms with E-state index < -0.39 is 44.4 Å². The van der Waals surface area contributed by atoms with Crippen molar-refractivity contribution in [3.8, 4) is 10.4 Å². The summed E-state index contributed by atoms with van der Waals surface area (Å²) in [7, 11) is -3.79. The normalized spacial score (nSPS) is 22.8. The van der Waals surface area contributed by atoms with Crippen LogP contribution in [0.2, 0.25) is 0 Å². The van der Waals surface area contributed by atoms with E-state index >= 15 is 0 Å². The van der Waals surface area contributed by atoms with E-state index in [0.29, 0.717) is 21.0 Å². The number of nitrogens with zero attached hydrogens (tertiary/aromatic N) is 3. The minimum Gasteiger partial charge on any atom is -0.481 e. The summed E-state index contributed by atoms with van der Waals surface area (Å²) in [6.07, 6.45) is -0.700. The Bertz CT molecular complexity index is 1580. The highest BCUT2D eigenvalue weighted by molar-refractivity contribution is 7.85. The number of benzene rings is 1. The molecule has 2 atom stereocenters. The van der Waals surface area contributed by atoms with Gasteiger partial charge in [-0.15, -0.1) is 11.3 Å². The van der Waals surface area contributed by atoms with Crippen LogP contribution in [0.15, 0.2) is 36.7 Å². The van der Waals surface area contributed by atoms with Gasteiger partial charge in [0.1, 0.15) is 16.3 Å². The molecule has 1 fully saturated rings. The second-order valence-electron chi connectivity index (χ2n) is 11.0. The predicted molar refractivity (Wildman–Crippen MR) is 145 cm³/mol. The van der Waals surface area contributed by atoms with Gasteiger partial charge in [0.25, 0.3) is 10.1 Å². The van der Waals surface area contributed by atoms with Crippen molar-refractivity contribution in [3.63, 3.8) is 0 Å². The molecule has 2 heterocycles. The quantitative estimate of drug-likeness (QED) is 0.284. The fourth-order valence-corrected chi connectivity index (χ4v) is 6.25. The lowest BCUT2D eigenvalue weighted by atomic mass is 9.55. The Morgan fingerprint density at radius 1 is 1.17 bits per heavy atom. The standard InChI is InChI=1S/C26H29F3N4O6S2/c1-23(2)14-25(36,7-6-24(23,3)21(34)35)20-31-12-18(40-20)16-9-15(13-39-41(4,37)38)10-17(11-16)32-22-30-8-5-19(33-22)26(27,28)29/h5,8-12,36H,6-7,13-14H2,1-4H3,(H,34,35)(H,30,32,33)/t24-,25-/m1/s1. The van der Waals surface area contributed by atoms with Gasteiger partial charge in [-0.3, -0.25) is 8.98 Å². The predicted octanol–water partition coefficient (Wildman–Crippen LogP) is 5.33. The van der Waals surface area contributed by atoms with Gasteiger partial charge in [0.2, 0.25) is 5.95 Å². The number of aromatic nitrogens is 3. The largest absolute Gasteiger partial charge is 0.481 e. The number of nitrogens with one attached hydrogen (secondary N) is 1. The van der Waals surface area contributed by atoms with Crippen LogP contribution in [0.5, 0.6) is 0 Å². The van der Waals surface area contributed by atoms with Gasteiger partial charge in [0.15, 0.2) is 0 Å². The van der Waals surface area contributed by atoms with Crippen LogP contribution in [0.1, 0.15) is 56.3 Å². The van der Waals surface area contributed by atoms with E-state index in [4.69, 9.17) is 4.18 Å². The number of halogens is 3. The van der Waals surface area contributed by atoms with E-state index in [1.165, 1.54) is 23.6 Å². The number of aliphatic hydroxyl groups is 1. The highest BCUT2D eigenvalue weighted by Gasteiger charge is 2.56. The number of carboxylic acid groups (broad SMARTS) is 1. The number of hydrogen-bond acceptors (Lipinski definition) is 10. The highest BCUT2D eigenvalue weighted by atomic mass is 32.2. The lowest BCUT2D eigenvalue weighted by Gasteiger charge is -2.50. The average Bonchev–Trinajstić information content (AvgIpc) is 3.36. The Kier molecular flexibility index (Phi) is 7.97. The molecule has 2 aromatic heterocycles. The number of thiazole rings is 1. The molecule has 0 amide bonds. The summed E-state index contributed by atoms with van der Waals surface area (Å²) < 4.78 is 67.5. The molecule has 1 aromatic carbocycles. The molecule has 3 N–H and O–H groups in total. The number of carbonyl (C=O) groups is 1. The zero-order valence-electron chi connectivity index (χ0n) is 22.6. The van der Waals surface area contributed by atoms with Crippen molar-refractivity contribution in [2.24, 2.45) is 10.8 Å². The molecule has 41 heavy (non-hydrogen) atoms. The van der Waals surface area contributed by atoms with Gasteiger partial charge in [0.05, 0.1) is 23.2 Å². The van der Waals surface area contributed by atoms with E-state index in [1.807, 2.05) is 0 Å². The molecule has 10 nitrogen and oxygen atoms in total. The first-order valence-electron chi connectivity index (χ1n) is 12.4. The summed E-state index contributed by atoms with van der Waals surface area (Å²) in [4.78, 5) is 24.4. The van der Waals surface area contributed by atoms with Gasteiger partial charge in [-0.2, -0.15) is 21.6 Å². The molecule has 0 spiro atoms. The Labute approximate surface area is 238 Å². The van der Waals surface area contributed by atoms with Crippen LogP contribution < -0.4 is 5.32 Å². The maximum Gasteiger partial charge on any atom is 0.433 e. The molecule has 222 valence electrons. The second-order valence-corrected chi connectivity index (χ2v) is 13.7. The third kappa shape index (κ3) is 6.68. The number of anilines is 2. The van der Waals surface area contributed by atoms with Gasteiger partial charge in [-0.05, 0) is 67.0 Å². The maximum atomic E-state index is 13.1. The first-order valence-corrected chi connectivity index (χ1v) is 15.0. The SMILES string of the molecule is CC1(C)C[C@@](O)(c2ncc(-c3cc(COS(C)(=O)=O)cc(Nc4nccc(C(F)(F)F)n4)c3)s2)CC[C@]1(C)C(=O)O. The van der Waals surface area contributed by atoms with Crippen molar-refractivity contribution in [3.05, 3.63) is 52.9 Å². The van der Waals surface area contributed by atoms with Gasteiger partial charge < -0.3 is 15.5 Å². The van der Waals surface area contributed by atoms with E-state index in [-0.39, 0.29) is 37.5 Å². The number of alkyl halides is 3. The molecule has 1 aliphatic carbocycles. The van der Waals surface area contributed by atoms with Gasteiger partial charge in [-0.25, -0.2) is 15.0 Å². The summed E-state index contributed by atoms with van der Waals surface area (Å²) >= 11 is 1.18. The fraction of sp³-hybridized carbons (Fsp3) is 0.462. The van der Waals surface area contributed by atoms with Crippen LogP contribution >= 0.6 is 11.3 Å². The van der Waals surface area contributed by atoms with Crippen molar-refractivity contribution in [2.45, 2.75) is 58.4 Å². The molecule has 4 rings (SSSR count). The Morgan fingerprint density at radius 2 is 1.88 bits per heavy atom. The van der Waals surface area contributed by atoms with Crippen molar-refractivity contribution < 1.29 is 40.8 Å². The van der Waals surface area contributed by atoms with Crippen LogP contribution in [0, 0.1) is 10.8 Å². The van der Waals surface area contributed by atoms with E-state index in [9.17, 15) is 36.6 Å². The molecule has 0 radical (unpaired) electrons. The lowest BCUT2D eigenvalue weighted by molar-refractivity contribution is -0.170. The third-order valence-electron chi connectivity index (χ3n) is 7.56. The van der Waals surface area contributed by atoms with Crippen LogP contribution in [0.3, 0.4) is 0 Å². The van der Waals surface area contributed by atoms with Crippen molar-refractivity contribution >= 4 is 39.1 Å². The molecule has 3 aromatic rings. The topological polar surface area (TPSA) is 152 Å². The summed E-state index contributed by atoms with van der Waals surface area (Å²) in [5, 5.41) is 24.5. The molecule has 1 aliphatic rings. The molecular weight excluding hydrogens is 585 g/mol. The number of hydrogen-bond donors (Lipinski definition) is 3. The monoisotopic (exact) mass is 614 g/mol. The van der Waals surface area contributed by atoms with E-state index in [0.717, 1.165) is 18.5 Å². The smallest absolute Gasteiger partial charge is 0.433 e. The van der Waals surface area contributed by atoms with E-state index in [2.05, 4.69) is 20.3 Å². The Hall–Kier alpha value is -3.14. The molecule has 0 bridgehead atoms. The molecule has 0 saturated heterocycles. The second kappa shape index (κ2) is 10.6. The maximum absolute atomic E-state index is 13.1. The fourth-order valence-electron chi connectivity index (χ4n) is 4.88. The summed E-state index contributed by atoms with van der Waals surface area (Å²) in [5.41, 5.74) is -3.12. The number of aliphatic carboxylic acids is 1. The summed E-state index contributed by atoms with van der Waals surface area (Å²) in [5.74, 6) is -1.25. The number of carboxylic acids is 1. The Balaban J connectivity index is 1.68. The van der Waals surface area contributed by atoms with Gasteiger partial charge in [-0.1, -0.05) is 13.8 Å². The zero-order valence-corrected chi connectivity index (χ0v) is 24.2. The molecule has 0 aliphatic heterocycles. The minimum absolute atomic E-state index is 0.164. The first kappa shape index (κ1) is 30.8. The molecule has 1 saturated carbocycles. The zero-order chi connectivity index (χ0) is 30.4. The third-order valence-corrected chi connectivity index (χ3v) is 9.35. The first-order chi connectivity index (χ1) is 18.8. The lowest BCUT2D eigenvalue weighted by Crippen LogP contribution is -2.51. The highest BCUT2D eigenvalue weighted by Crippen LogP contribution is 2.57. The average molecular weight is 615 g/mol. The van der Waals surface area contributed by atoms with E-state index in [1.54, 1.807) is 32.9 Å². The van der Waals surface area contributed by atoms with Crippen LogP contribution in [-0.2, 0) is 37.5 Å². The minimum atomic E-state index is -4.68. The van der Waals surface area contributed by atoms with Crippen molar-refractivity contribution in [1.82, 2.24) is 15.0 Å². The summed E-state index contributed by atoms with van der Waals surface area (Å²) in [6.45, 7) is 4.94. The van der Waals surface area contributed by atoms with Crippen molar-refractivity contribution in [2.75, 3.05) is 11.6 Å². The molecular formula is C26H29F3N4O6S2. The van der Waals surface area contributed by atoms with Gasteiger partial charge >= 0.3 is 12.1 Å². The van der Waals surface area contributed by atoms with Crippen molar-refractivity contribution in [1.29, 1.82) is 0 Å². The van der Waals surface area contributed by atoms with Gasteiger partial charge in [0, 0.05) is 18.1 Å². The summed E-state index contributed by atoms with van der Waals surface area (Å²) in [6, 6.07) is 5.46. The molecule has 0 unspecified atom stereocenters.